The van der Waals surface area contributed by atoms with E-state index in [1.165, 1.54) is 18.4 Å². The molecule has 3 rings (SSSR count). The van der Waals surface area contributed by atoms with E-state index in [0.29, 0.717) is 30.9 Å². The lowest BCUT2D eigenvalue weighted by atomic mass is 10.1. The highest BCUT2D eigenvalue weighted by Gasteiger charge is 2.21. The van der Waals surface area contributed by atoms with Crippen LogP contribution in [0.2, 0.25) is 0 Å². The Morgan fingerprint density at radius 2 is 1.75 bits per heavy atom. The number of esters is 1. The highest BCUT2D eigenvalue weighted by Crippen LogP contribution is 2.29. The molecule has 1 aliphatic carbocycles. The lowest BCUT2D eigenvalue weighted by Crippen LogP contribution is -2.28. The summed E-state index contributed by atoms with van der Waals surface area (Å²) >= 11 is 0. The van der Waals surface area contributed by atoms with Gasteiger partial charge in [-0.3, -0.25) is 4.79 Å². The van der Waals surface area contributed by atoms with Gasteiger partial charge in [-0.05, 0) is 61.9 Å². The first kappa shape index (κ1) is 19.9. The molecule has 2 aromatic rings. The molecule has 0 spiro atoms. The van der Waals surface area contributed by atoms with E-state index in [9.17, 15) is 9.59 Å². The van der Waals surface area contributed by atoms with Gasteiger partial charge >= 0.3 is 5.97 Å². The van der Waals surface area contributed by atoms with E-state index >= 15 is 0 Å². The van der Waals surface area contributed by atoms with Gasteiger partial charge in [-0.2, -0.15) is 0 Å². The number of carbonyl (C=O) groups excluding carboxylic acids is 2. The van der Waals surface area contributed by atoms with E-state index < -0.39 is 5.97 Å². The van der Waals surface area contributed by atoms with Crippen LogP contribution in [0.4, 0.5) is 0 Å². The van der Waals surface area contributed by atoms with Crippen LogP contribution in [0.3, 0.4) is 0 Å². The van der Waals surface area contributed by atoms with Crippen molar-refractivity contribution in [1.82, 2.24) is 5.32 Å². The second-order valence-electron chi connectivity index (χ2n) is 7.25. The van der Waals surface area contributed by atoms with Crippen LogP contribution in [0.5, 0.6) is 5.75 Å². The Morgan fingerprint density at radius 1 is 1.04 bits per heavy atom. The van der Waals surface area contributed by atoms with Gasteiger partial charge in [0.1, 0.15) is 12.4 Å². The van der Waals surface area contributed by atoms with E-state index in [1.54, 1.807) is 24.3 Å². The SMILES string of the molecule is Cc1ccc(CCC(=O)NCCOC(=O)c2ccc(OCC3CC3)cc2)cc1. The Balaban J connectivity index is 1.29. The standard InChI is InChI=1S/C23H27NO4/c1-17-2-4-18(5-3-17)8-13-22(25)24-14-15-27-23(26)20-9-11-21(12-10-20)28-16-19-6-7-19/h2-5,9-12,19H,6-8,13-16H2,1H3,(H,24,25). The van der Waals surface area contributed by atoms with E-state index in [-0.39, 0.29) is 12.5 Å². The minimum absolute atomic E-state index is 0.0474. The van der Waals surface area contributed by atoms with E-state index in [0.717, 1.165) is 17.9 Å². The minimum atomic E-state index is -0.400. The fourth-order valence-corrected chi connectivity index (χ4v) is 2.70. The third kappa shape index (κ3) is 6.72. The average molecular weight is 381 g/mol. The number of amides is 1. The maximum atomic E-state index is 12.0. The Labute approximate surface area is 166 Å². The second-order valence-corrected chi connectivity index (χ2v) is 7.25. The van der Waals surface area contributed by atoms with Gasteiger partial charge in [0.2, 0.25) is 5.91 Å². The van der Waals surface area contributed by atoms with Crippen LogP contribution in [0.25, 0.3) is 0 Å². The highest BCUT2D eigenvalue weighted by molar-refractivity contribution is 5.89. The van der Waals surface area contributed by atoms with Crippen molar-refractivity contribution in [3.8, 4) is 5.75 Å². The second kappa shape index (κ2) is 9.93. The van der Waals surface area contributed by atoms with Gasteiger partial charge in [-0.1, -0.05) is 29.8 Å². The largest absolute Gasteiger partial charge is 0.493 e. The molecule has 1 saturated carbocycles. The van der Waals surface area contributed by atoms with Crippen molar-refractivity contribution in [3.05, 3.63) is 65.2 Å². The summed E-state index contributed by atoms with van der Waals surface area (Å²) in [6.07, 6.45) is 3.60. The van der Waals surface area contributed by atoms with Crippen molar-refractivity contribution in [2.75, 3.05) is 19.8 Å². The van der Waals surface area contributed by atoms with Gasteiger partial charge in [0.05, 0.1) is 18.7 Å². The zero-order valence-corrected chi connectivity index (χ0v) is 16.3. The van der Waals surface area contributed by atoms with E-state index in [4.69, 9.17) is 9.47 Å². The summed E-state index contributed by atoms with van der Waals surface area (Å²) in [6, 6.07) is 15.1. The molecule has 148 valence electrons. The minimum Gasteiger partial charge on any atom is -0.493 e. The zero-order chi connectivity index (χ0) is 19.8. The molecule has 0 heterocycles. The van der Waals surface area contributed by atoms with Crippen molar-refractivity contribution in [3.63, 3.8) is 0 Å². The average Bonchev–Trinajstić information content (AvgIpc) is 3.54. The smallest absolute Gasteiger partial charge is 0.338 e. The van der Waals surface area contributed by atoms with Gasteiger partial charge in [0, 0.05) is 6.42 Å². The summed E-state index contributed by atoms with van der Waals surface area (Å²) in [5.41, 5.74) is 2.82. The zero-order valence-electron chi connectivity index (χ0n) is 16.3. The molecule has 0 atom stereocenters. The van der Waals surface area contributed by atoms with Crippen LogP contribution in [-0.2, 0) is 16.0 Å². The number of hydrogen-bond donors (Lipinski definition) is 1. The number of ether oxygens (including phenoxy) is 2. The first-order valence-electron chi connectivity index (χ1n) is 9.82. The predicted molar refractivity (Wildman–Crippen MR) is 107 cm³/mol. The maximum absolute atomic E-state index is 12.0. The molecule has 0 aliphatic heterocycles. The Hall–Kier alpha value is -2.82. The monoisotopic (exact) mass is 381 g/mol. The molecular formula is C23H27NO4. The summed E-state index contributed by atoms with van der Waals surface area (Å²) in [5, 5.41) is 2.78. The Bertz CT molecular complexity index is 779. The van der Waals surface area contributed by atoms with Crippen LogP contribution in [-0.4, -0.2) is 31.6 Å². The maximum Gasteiger partial charge on any atom is 0.338 e. The molecule has 1 N–H and O–H groups in total. The molecule has 5 heteroatoms. The van der Waals surface area contributed by atoms with Crippen molar-refractivity contribution in [1.29, 1.82) is 0 Å². The number of nitrogens with one attached hydrogen (secondary N) is 1. The molecule has 1 amide bonds. The van der Waals surface area contributed by atoms with Gasteiger partial charge in [-0.25, -0.2) is 4.79 Å². The van der Waals surface area contributed by atoms with Crippen LogP contribution in [0, 0.1) is 12.8 Å². The summed E-state index contributed by atoms with van der Waals surface area (Å²) in [7, 11) is 0. The molecule has 1 fully saturated rings. The topological polar surface area (TPSA) is 64.6 Å². The fourth-order valence-electron chi connectivity index (χ4n) is 2.70. The van der Waals surface area contributed by atoms with E-state index in [1.807, 2.05) is 31.2 Å². The van der Waals surface area contributed by atoms with Gasteiger partial charge in [-0.15, -0.1) is 0 Å². The van der Waals surface area contributed by atoms with Gasteiger partial charge < -0.3 is 14.8 Å². The van der Waals surface area contributed by atoms with Crippen molar-refractivity contribution >= 4 is 11.9 Å². The highest BCUT2D eigenvalue weighted by atomic mass is 16.5. The van der Waals surface area contributed by atoms with Crippen LogP contribution in [0.15, 0.2) is 48.5 Å². The lowest BCUT2D eigenvalue weighted by Gasteiger charge is -2.08. The summed E-state index contributed by atoms with van der Waals surface area (Å²) in [4.78, 5) is 23.9. The molecule has 1 aliphatic rings. The first-order chi connectivity index (χ1) is 13.6. The quantitative estimate of drug-likeness (QED) is 0.504. The lowest BCUT2D eigenvalue weighted by molar-refractivity contribution is -0.121. The van der Waals surface area contributed by atoms with Gasteiger partial charge in [0.15, 0.2) is 0 Å². The van der Waals surface area contributed by atoms with Crippen LogP contribution < -0.4 is 10.1 Å². The third-order valence-electron chi connectivity index (χ3n) is 4.69. The number of rotatable bonds is 10. The van der Waals surface area contributed by atoms with Crippen molar-refractivity contribution in [2.24, 2.45) is 5.92 Å². The Morgan fingerprint density at radius 3 is 2.43 bits per heavy atom. The molecule has 0 aromatic heterocycles. The Kier molecular flexibility index (Phi) is 7.06. The number of benzene rings is 2. The summed E-state index contributed by atoms with van der Waals surface area (Å²) in [5.74, 6) is 1.01. The van der Waals surface area contributed by atoms with Crippen molar-refractivity contribution in [2.45, 2.75) is 32.6 Å². The third-order valence-corrected chi connectivity index (χ3v) is 4.69. The molecule has 0 bridgehead atoms. The fraction of sp³-hybridized carbons (Fsp3) is 0.391. The van der Waals surface area contributed by atoms with Gasteiger partial charge in [0.25, 0.3) is 0 Å². The van der Waals surface area contributed by atoms with Crippen molar-refractivity contribution < 1.29 is 19.1 Å². The molecule has 28 heavy (non-hydrogen) atoms. The molecule has 0 radical (unpaired) electrons. The summed E-state index contributed by atoms with van der Waals surface area (Å²) in [6.45, 7) is 3.23. The molecule has 5 nitrogen and oxygen atoms in total. The molecule has 2 aromatic carbocycles. The number of hydrogen-bond acceptors (Lipinski definition) is 4. The normalized spacial score (nSPS) is 13.0. The first-order valence-corrected chi connectivity index (χ1v) is 9.82. The van der Waals surface area contributed by atoms with Crippen LogP contribution in [0.1, 0.15) is 40.7 Å². The predicted octanol–water partition coefficient (Wildman–Crippen LogP) is 3.69. The van der Waals surface area contributed by atoms with Crippen LogP contribution >= 0.6 is 0 Å². The number of aryl methyl sites for hydroxylation is 2. The molecular weight excluding hydrogens is 354 g/mol. The summed E-state index contributed by atoms with van der Waals surface area (Å²) < 4.78 is 10.9. The molecule has 0 unspecified atom stereocenters. The van der Waals surface area contributed by atoms with E-state index in [2.05, 4.69) is 5.32 Å². The molecule has 0 saturated heterocycles. The number of carbonyl (C=O) groups is 2.